The Hall–Kier alpha value is -2.30. The first-order valence-corrected chi connectivity index (χ1v) is 5.90. The van der Waals surface area contributed by atoms with E-state index in [0.717, 1.165) is 0 Å². The van der Waals surface area contributed by atoms with Gasteiger partial charge in [0.1, 0.15) is 5.75 Å². The fourth-order valence-corrected chi connectivity index (χ4v) is 2.00. The van der Waals surface area contributed by atoms with E-state index in [0.29, 0.717) is 23.2 Å². The van der Waals surface area contributed by atoms with Crippen LogP contribution in [0.4, 0.5) is 0 Å². The van der Waals surface area contributed by atoms with Crippen molar-refractivity contribution in [3.8, 4) is 5.75 Å². The summed E-state index contributed by atoms with van der Waals surface area (Å²) in [5.74, 6) is 0.321. The minimum absolute atomic E-state index is 0.0665. The lowest BCUT2D eigenvalue weighted by Gasteiger charge is -2.13. The average Bonchev–Trinajstić information content (AvgIpc) is 2.45. The largest absolute Gasteiger partial charge is 0.495 e. The predicted octanol–water partition coefficient (Wildman–Crippen LogP) is 1.57. The van der Waals surface area contributed by atoms with E-state index < -0.39 is 0 Å². The molecule has 100 valence electrons. The van der Waals surface area contributed by atoms with Crippen molar-refractivity contribution in [2.75, 3.05) is 14.2 Å². The first-order chi connectivity index (χ1) is 9.17. The number of fused-ring (bicyclic) bond motifs is 1. The van der Waals surface area contributed by atoms with Gasteiger partial charge in [0.25, 0.3) is 0 Å². The summed E-state index contributed by atoms with van der Waals surface area (Å²) >= 11 is 0. The number of carbonyl (C=O) groups excluding carboxylic acids is 1. The van der Waals surface area contributed by atoms with Gasteiger partial charge < -0.3 is 14.0 Å². The Morgan fingerprint density at radius 1 is 1.26 bits per heavy atom. The van der Waals surface area contributed by atoms with Crippen LogP contribution in [0.25, 0.3) is 10.9 Å². The summed E-state index contributed by atoms with van der Waals surface area (Å²) in [5.41, 5.74) is 0.629. The highest BCUT2D eigenvalue weighted by Gasteiger charge is 2.09. The molecule has 0 atom stereocenters. The van der Waals surface area contributed by atoms with Gasteiger partial charge in [0, 0.05) is 24.2 Å². The van der Waals surface area contributed by atoms with E-state index in [-0.39, 0.29) is 17.8 Å². The van der Waals surface area contributed by atoms with Crippen molar-refractivity contribution in [1.82, 2.24) is 4.57 Å². The zero-order chi connectivity index (χ0) is 13.8. The van der Waals surface area contributed by atoms with Crippen LogP contribution in [0, 0.1) is 0 Å². The molecule has 0 N–H and O–H groups in total. The first kappa shape index (κ1) is 13.1. The van der Waals surface area contributed by atoms with Crippen LogP contribution in [0.15, 0.2) is 35.3 Å². The molecule has 0 radical (unpaired) electrons. The summed E-state index contributed by atoms with van der Waals surface area (Å²) < 4.78 is 11.7. The second kappa shape index (κ2) is 5.56. The highest BCUT2D eigenvalue weighted by Crippen LogP contribution is 2.23. The van der Waals surface area contributed by atoms with Crippen LogP contribution >= 0.6 is 0 Å². The van der Waals surface area contributed by atoms with Gasteiger partial charge in [-0.05, 0) is 12.1 Å². The molecule has 0 amide bonds. The Kier molecular flexibility index (Phi) is 3.85. The Morgan fingerprint density at radius 2 is 2.05 bits per heavy atom. The van der Waals surface area contributed by atoms with E-state index in [1.807, 2.05) is 4.57 Å². The Bertz CT molecular complexity index is 660. The Labute approximate surface area is 110 Å². The highest BCUT2D eigenvalue weighted by molar-refractivity contribution is 5.85. The van der Waals surface area contributed by atoms with Crippen molar-refractivity contribution in [3.05, 3.63) is 40.7 Å². The van der Waals surface area contributed by atoms with Crippen molar-refractivity contribution in [2.24, 2.45) is 0 Å². The molecule has 0 spiro atoms. The third-order valence-electron chi connectivity index (χ3n) is 2.96. The minimum atomic E-state index is -0.290. The minimum Gasteiger partial charge on any atom is -0.495 e. The van der Waals surface area contributed by atoms with Crippen LogP contribution in [-0.2, 0) is 16.1 Å². The molecule has 0 saturated carbocycles. The molecule has 0 aliphatic carbocycles. The SMILES string of the molecule is COC(=O)CCn1ccc(=O)c2cccc(OC)c21. The van der Waals surface area contributed by atoms with Crippen molar-refractivity contribution < 1.29 is 14.3 Å². The molecular weight excluding hydrogens is 246 g/mol. The zero-order valence-electron chi connectivity index (χ0n) is 10.9. The molecule has 19 heavy (non-hydrogen) atoms. The van der Waals surface area contributed by atoms with Crippen LogP contribution in [0.3, 0.4) is 0 Å². The fraction of sp³-hybridized carbons (Fsp3) is 0.286. The standard InChI is InChI=1S/C14H15NO4/c1-18-12-5-3-4-10-11(16)6-8-15(14(10)12)9-7-13(17)19-2/h3-6,8H,7,9H2,1-2H3. The van der Waals surface area contributed by atoms with Gasteiger partial charge in [-0.15, -0.1) is 0 Å². The van der Waals surface area contributed by atoms with Gasteiger partial charge in [-0.2, -0.15) is 0 Å². The first-order valence-electron chi connectivity index (χ1n) is 5.90. The molecule has 5 nitrogen and oxygen atoms in total. The molecule has 0 fully saturated rings. The molecule has 0 aliphatic heterocycles. The van der Waals surface area contributed by atoms with Crippen molar-refractivity contribution in [3.63, 3.8) is 0 Å². The summed E-state index contributed by atoms with van der Waals surface area (Å²) in [7, 11) is 2.91. The van der Waals surface area contributed by atoms with Crippen LogP contribution in [-0.4, -0.2) is 24.8 Å². The van der Waals surface area contributed by atoms with Crippen molar-refractivity contribution >= 4 is 16.9 Å². The summed E-state index contributed by atoms with van der Waals surface area (Å²) in [6.45, 7) is 0.434. The zero-order valence-corrected chi connectivity index (χ0v) is 10.9. The van der Waals surface area contributed by atoms with Crippen LogP contribution in [0.1, 0.15) is 6.42 Å². The molecule has 2 aromatic rings. The topological polar surface area (TPSA) is 57.5 Å². The van der Waals surface area contributed by atoms with Crippen molar-refractivity contribution in [1.29, 1.82) is 0 Å². The molecule has 0 aliphatic rings. The third-order valence-corrected chi connectivity index (χ3v) is 2.96. The van der Waals surface area contributed by atoms with E-state index in [4.69, 9.17) is 4.74 Å². The quantitative estimate of drug-likeness (QED) is 0.784. The number of nitrogens with zero attached hydrogens (tertiary/aromatic N) is 1. The molecule has 1 aromatic carbocycles. The number of benzene rings is 1. The van der Waals surface area contributed by atoms with Gasteiger partial charge in [-0.3, -0.25) is 9.59 Å². The van der Waals surface area contributed by atoms with Gasteiger partial charge >= 0.3 is 5.97 Å². The number of pyridine rings is 1. The molecule has 0 unspecified atom stereocenters. The second-order valence-electron chi connectivity index (χ2n) is 4.06. The molecule has 0 saturated heterocycles. The van der Waals surface area contributed by atoms with Gasteiger partial charge in [-0.1, -0.05) is 6.07 Å². The number of hydrogen-bond donors (Lipinski definition) is 0. The lowest BCUT2D eigenvalue weighted by Crippen LogP contribution is -2.12. The molecule has 5 heteroatoms. The van der Waals surface area contributed by atoms with E-state index in [2.05, 4.69) is 4.74 Å². The smallest absolute Gasteiger partial charge is 0.307 e. The summed E-state index contributed by atoms with van der Waals surface area (Å²) in [5, 5.41) is 0.576. The van der Waals surface area contributed by atoms with E-state index in [9.17, 15) is 9.59 Å². The summed E-state index contributed by atoms with van der Waals surface area (Å²) in [4.78, 5) is 23.0. The lowest BCUT2D eigenvalue weighted by molar-refractivity contribution is -0.140. The number of methoxy groups -OCH3 is 2. The summed E-state index contributed by atoms with van der Waals surface area (Å²) in [6.07, 6.45) is 1.91. The summed E-state index contributed by atoms with van der Waals surface area (Å²) in [6, 6.07) is 6.79. The maximum absolute atomic E-state index is 11.8. The Morgan fingerprint density at radius 3 is 2.74 bits per heavy atom. The van der Waals surface area contributed by atoms with Crippen LogP contribution in [0.2, 0.25) is 0 Å². The predicted molar refractivity (Wildman–Crippen MR) is 71.4 cm³/mol. The molecule has 2 rings (SSSR count). The number of esters is 1. The number of hydrogen-bond acceptors (Lipinski definition) is 4. The van der Waals surface area contributed by atoms with Gasteiger partial charge in [0.05, 0.1) is 26.2 Å². The Balaban J connectivity index is 2.52. The fourth-order valence-electron chi connectivity index (χ4n) is 2.00. The molecule has 1 heterocycles. The van der Waals surface area contributed by atoms with Gasteiger partial charge in [0.2, 0.25) is 0 Å². The highest BCUT2D eigenvalue weighted by atomic mass is 16.5. The van der Waals surface area contributed by atoms with Gasteiger partial charge in [-0.25, -0.2) is 0 Å². The molecular formula is C14H15NO4. The molecule has 1 aromatic heterocycles. The van der Waals surface area contributed by atoms with E-state index in [1.54, 1.807) is 31.5 Å². The molecule has 0 bridgehead atoms. The van der Waals surface area contributed by atoms with E-state index >= 15 is 0 Å². The third kappa shape index (κ3) is 2.59. The lowest BCUT2D eigenvalue weighted by atomic mass is 10.2. The number of rotatable bonds is 4. The van der Waals surface area contributed by atoms with E-state index in [1.165, 1.54) is 13.2 Å². The number of ether oxygens (including phenoxy) is 2. The number of aryl methyl sites for hydroxylation is 1. The van der Waals surface area contributed by atoms with Gasteiger partial charge in [0.15, 0.2) is 5.43 Å². The van der Waals surface area contributed by atoms with Crippen LogP contribution in [0.5, 0.6) is 5.75 Å². The maximum Gasteiger partial charge on any atom is 0.307 e. The number of carbonyl (C=O) groups is 1. The number of para-hydroxylation sites is 1. The normalized spacial score (nSPS) is 10.4. The van der Waals surface area contributed by atoms with Crippen molar-refractivity contribution in [2.45, 2.75) is 13.0 Å². The average molecular weight is 261 g/mol. The second-order valence-corrected chi connectivity index (χ2v) is 4.06. The monoisotopic (exact) mass is 261 g/mol. The maximum atomic E-state index is 11.8. The van der Waals surface area contributed by atoms with Crippen LogP contribution < -0.4 is 10.2 Å². The number of aromatic nitrogens is 1.